The van der Waals surface area contributed by atoms with Gasteiger partial charge in [-0.3, -0.25) is 4.79 Å². The Bertz CT molecular complexity index is 484. The highest BCUT2D eigenvalue weighted by atomic mass is 19.1. The number of amides is 1. The molecule has 0 bridgehead atoms. The summed E-state index contributed by atoms with van der Waals surface area (Å²) in [6.45, 7) is 3.98. The molecule has 0 atom stereocenters. The highest BCUT2D eigenvalue weighted by Crippen LogP contribution is 2.39. The van der Waals surface area contributed by atoms with Crippen LogP contribution in [-0.2, 0) is 11.2 Å². The van der Waals surface area contributed by atoms with Crippen molar-refractivity contribution in [3.05, 3.63) is 35.6 Å². The second-order valence-electron chi connectivity index (χ2n) is 6.43. The van der Waals surface area contributed by atoms with Crippen LogP contribution < -0.4 is 5.32 Å². The third-order valence-corrected chi connectivity index (χ3v) is 5.11. The van der Waals surface area contributed by atoms with Gasteiger partial charge in [0, 0.05) is 13.1 Å². The summed E-state index contributed by atoms with van der Waals surface area (Å²) in [4.78, 5) is 14.3. The molecule has 1 amide bonds. The molecule has 4 heteroatoms. The molecule has 2 fully saturated rings. The van der Waals surface area contributed by atoms with Gasteiger partial charge in [-0.05, 0) is 61.9 Å². The highest BCUT2D eigenvalue weighted by Gasteiger charge is 2.36. The number of hydrogen-bond acceptors (Lipinski definition) is 2. The second kappa shape index (κ2) is 6.14. The molecule has 1 aromatic rings. The first-order valence-corrected chi connectivity index (χ1v) is 7.90. The lowest BCUT2D eigenvalue weighted by Crippen LogP contribution is -2.47. The van der Waals surface area contributed by atoms with Crippen LogP contribution in [0.25, 0.3) is 0 Å². The first-order chi connectivity index (χ1) is 10.2. The van der Waals surface area contributed by atoms with Gasteiger partial charge in [-0.15, -0.1) is 0 Å². The van der Waals surface area contributed by atoms with Crippen molar-refractivity contribution >= 4 is 5.91 Å². The van der Waals surface area contributed by atoms with Crippen molar-refractivity contribution in [3.63, 3.8) is 0 Å². The molecule has 2 aliphatic heterocycles. The maximum absolute atomic E-state index is 12.9. The quantitative estimate of drug-likeness (QED) is 0.907. The predicted molar refractivity (Wildman–Crippen MR) is 80.5 cm³/mol. The zero-order valence-electron chi connectivity index (χ0n) is 12.4. The van der Waals surface area contributed by atoms with Crippen LogP contribution in [0.3, 0.4) is 0 Å². The number of piperidine rings is 2. The Hall–Kier alpha value is -1.42. The summed E-state index contributed by atoms with van der Waals surface area (Å²) in [7, 11) is 0. The van der Waals surface area contributed by atoms with Gasteiger partial charge in [-0.25, -0.2) is 4.39 Å². The molecule has 2 heterocycles. The Morgan fingerprint density at radius 3 is 2.33 bits per heavy atom. The minimum Gasteiger partial charge on any atom is -0.342 e. The van der Waals surface area contributed by atoms with E-state index in [1.807, 2.05) is 4.90 Å². The molecule has 0 aromatic heterocycles. The largest absolute Gasteiger partial charge is 0.342 e. The molecule has 1 aromatic carbocycles. The molecule has 0 unspecified atom stereocenters. The monoisotopic (exact) mass is 290 g/mol. The minimum atomic E-state index is -0.253. The topological polar surface area (TPSA) is 32.3 Å². The summed E-state index contributed by atoms with van der Waals surface area (Å²) in [5, 5.41) is 3.42. The van der Waals surface area contributed by atoms with E-state index in [0.29, 0.717) is 11.8 Å². The molecule has 3 nitrogen and oxygen atoms in total. The van der Waals surface area contributed by atoms with Gasteiger partial charge in [0.05, 0.1) is 6.42 Å². The highest BCUT2D eigenvalue weighted by molar-refractivity contribution is 5.78. The van der Waals surface area contributed by atoms with Crippen molar-refractivity contribution < 1.29 is 9.18 Å². The van der Waals surface area contributed by atoms with Crippen molar-refractivity contribution in [1.29, 1.82) is 0 Å². The number of carbonyl (C=O) groups is 1. The van der Waals surface area contributed by atoms with E-state index in [1.165, 1.54) is 25.0 Å². The number of hydrogen-bond donors (Lipinski definition) is 1. The third kappa shape index (κ3) is 3.43. The summed E-state index contributed by atoms with van der Waals surface area (Å²) in [5.41, 5.74) is 1.36. The van der Waals surface area contributed by atoms with Crippen LogP contribution in [0.5, 0.6) is 0 Å². The molecule has 2 saturated heterocycles. The third-order valence-electron chi connectivity index (χ3n) is 5.11. The van der Waals surface area contributed by atoms with E-state index in [4.69, 9.17) is 0 Å². The van der Waals surface area contributed by atoms with Gasteiger partial charge in [-0.1, -0.05) is 12.1 Å². The maximum atomic E-state index is 12.9. The fourth-order valence-electron chi connectivity index (χ4n) is 3.58. The van der Waals surface area contributed by atoms with Gasteiger partial charge in [-0.2, -0.15) is 0 Å². The number of benzene rings is 1. The van der Waals surface area contributed by atoms with E-state index in [1.54, 1.807) is 12.1 Å². The zero-order valence-corrected chi connectivity index (χ0v) is 12.4. The van der Waals surface area contributed by atoms with Crippen LogP contribution in [0.1, 0.15) is 31.2 Å². The zero-order chi connectivity index (χ0) is 14.7. The van der Waals surface area contributed by atoms with E-state index in [-0.39, 0.29) is 11.7 Å². The number of nitrogens with one attached hydrogen (secondary N) is 1. The average Bonchev–Trinajstić information content (AvgIpc) is 2.51. The SMILES string of the molecule is O=C(Cc1ccc(F)cc1)N1CCC2(CCNCC2)CC1. The standard InChI is InChI=1S/C17H23FN2O/c18-15-3-1-14(2-4-15)13-16(21)20-11-7-17(8-12-20)5-9-19-10-6-17/h1-4,19H,5-13H2. The van der Waals surface area contributed by atoms with Crippen LogP contribution >= 0.6 is 0 Å². The second-order valence-corrected chi connectivity index (χ2v) is 6.43. The van der Waals surface area contributed by atoms with E-state index in [0.717, 1.165) is 44.6 Å². The Morgan fingerprint density at radius 2 is 1.71 bits per heavy atom. The number of rotatable bonds is 2. The van der Waals surface area contributed by atoms with Crippen LogP contribution in [0.2, 0.25) is 0 Å². The summed E-state index contributed by atoms with van der Waals surface area (Å²) in [6.07, 6.45) is 5.13. The molecule has 0 aliphatic carbocycles. The van der Waals surface area contributed by atoms with Crippen LogP contribution in [-0.4, -0.2) is 37.0 Å². The molecule has 3 rings (SSSR count). The molecule has 1 N–H and O–H groups in total. The summed E-state index contributed by atoms with van der Waals surface area (Å²) < 4.78 is 12.9. The Balaban J connectivity index is 1.54. The number of nitrogens with zero attached hydrogens (tertiary/aromatic N) is 1. The van der Waals surface area contributed by atoms with Gasteiger partial charge in [0.15, 0.2) is 0 Å². The van der Waals surface area contributed by atoms with Gasteiger partial charge in [0.1, 0.15) is 5.82 Å². The van der Waals surface area contributed by atoms with Crippen molar-refractivity contribution in [2.75, 3.05) is 26.2 Å². The fourth-order valence-corrected chi connectivity index (χ4v) is 3.58. The van der Waals surface area contributed by atoms with E-state index in [2.05, 4.69) is 5.32 Å². The van der Waals surface area contributed by atoms with Crippen molar-refractivity contribution in [2.24, 2.45) is 5.41 Å². The summed E-state index contributed by atoms with van der Waals surface area (Å²) in [6, 6.07) is 6.24. The van der Waals surface area contributed by atoms with Gasteiger partial charge in [0.2, 0.25) is 5.91 Å². The van der Waals surface area contributed by atoms with E-state index in [9.17, 15) is 9.18 Å². The van der Waals surface area contributed by atoms with Gasteiger partial charge < -0.3 is 10.2 Å². The normalized spacial score (nSPS) is 21.5. The van der Waals surface area contributed by atoms with Crippen LogP contribution in [0.4, 0.5) is 4.39 Å². The lowest BCUT2D eigenvalue weighted by molar-refractivity contribution is -0.133. The minimum absolute atomic E-state index is 0.172. The summed E-state index contributed by atoms with van der Waals surface area (Å²) >= 11 is 0. The first-order valence-electron chi connectivity index (χ1n) is 7.90. The molecule has 21 heavy (non-hydrogen) atoms. The van der Waals surface area contributed by atoms with Crippen LogP contribution in [0, 0.1) is 11.2 Å². The van der Waals surface area contributed by atoms with Crippen molar-refractivity contribution in [3.8, 4) is 0 Å². The smallest absolute Gasteiger partial charge is 0.226 e. The van der Waals surface area contributed by atoms with Gasteiger partial charge in [0.25, 0.3) is 0 Å². The number of carbonyl (C=O) groups excluding carboxylic acids is 1. The molecule has 114 valence electrons. The Kier molecular flexibility index (Phi) is 4.24. The first kappa shape index (κ1) is 14.5. The molecule has 1 spiro atoms. The summed E-state index contributed by atoms with van der Waals surface area (Å²) in [5.74, 6) is -0.0811. The fraction of sp³-hybridized carbons (Fsp3) is 0.588. The Morgan fingerprint density at radius 1 is 1.10 bits per heavy atom. The predicted octanol–water partition coefficient (Wildman–Crippen LogP) is 2.36. The molecular weight excluding hydrogens is 267 g/mol. The maximum Gasteiger partial charge on any atom is 0.226 e. The number of halogens is 1. The van der Waals surface area contributed by atoms with Crippen molar-refractivity contribution in [1.82, 2.24) is 10.2 Å². The molecule has 0 saturated carbocycles. The molecule has 2 aliphatic rings. The van der Waals surface area contributed by atoms with E-state index >= 15 is 0 Å². The van der Waals surface area contributed by atoms with E-state index < -0.39 is 0 Å². The van der Waals surface area contributed by atoms with Crippen LogP contribution in [0.15, 0.2) is 24.3 Å². The number of likely N-dealkylation sites (tertiary alicyclic amines) is 1. The van der Waals surface area contributed by atoms with Crippen molar-refractivity contribution in [2.45, 2.75) is 32.1 Å². The average molecular weight is 290 g/mol. The van der Waals surface area contributed by atoms with Gasteiger partial charge >= 0.3 is 0 Å². The molecular formula is C17H23FN2O. The lowest BCUT2D eigenvalue weighted by Gasteiger charge is -2.44. The lowest BCUT2D eigenvalue weighted by atomic mass is 9.71. The molecule has 0 radical (unpaired) electrons. The Labute approximate surface area is 125 Å².